The number of nitrogens with zero attached hydrogens (tertiary/aromatic N) is 3. The summed E-state index contributed by atoms with van der Waals surface area (Å²) in [6.45, 7) is 3.95. The highest BCUT2D eigenvalue weighted by Crippen LogP contribution is 2.33. The maximum atomic E-state index is 12.2. The monoisotopic (exact) mass is 832 g/mol. The van der Waals surface area contributed by atoms with Gasteiger partial charge in [0.1, 0.15) is 11.6 Å². The van der Waals surface area contributed by atoms with Crippen LogP contribution < -0.4 is 16.0 Å². The number of carbonyl (C=O) groups excluding carboxylic acids is 3. The number of halogens is 2. The SMILES string of the molecule is Cl.Cl.O=C(O)/C=C/c1cnc2c(c1)CCC(=O)N2.O=C1CCc2cc(/C=C/C(=O)N3CC(Sc4cccs4)C3)cnc2N1.c1csc(SC2CNC2)c1. The maximum absolute atomic E-state index is 12.2. The molecule has 4 aliphatic heterocycles. The van der Waals surface area contributed by atoms with E-state index in [1.165, 1.54) is 33.8 Å². The molecule has 0 aromatic carbocycles. The Labute approximate surface area is 336 Å². The Morgan fingerprint density at radius 3 is 1.74 bits per heavy atom. The lowest BCUT2D eigenvalue weighted by Gasteiger charge is -2.37. The van der Waals surface area contributed by atoms with Crippen molar-refractivity contribution in [2.24, 2.45) is 0 Å². The molecule has 8 rings (SSSR count). The average Bonchev–Trinajstić information content (AvgIpc) is 3.81. The molecule has 0 bridgehead atoms. The van der Waals surface area contributed by atoms with Gasteiger partial charge in [-0.1, -0.05) is 12.1 Å². The van der Waals surface area contributed by atoms with Crippen LogP contribution >= 0.6 is 71.0 Å². The first-order valence-electron chi connectivity index (χ1n) is 16.3. The van der Waals surface area contributed by atoms with E-state index in [2.05, 4.69) is 60.9 Å². The van der Waals surface area contributed by atoms with E-state index in [0.717, 1.165) is 46.7 Å². The second kappa shape index (κ2) is 20.7. The summed E-state index contributed by atoms with van der Waals surface area (Å²) in [5, 5.41) is 22.7. The van der Waals surface area contributed by atoms with Crippen LogP contribution in [0.4, 0.5) is 11.6 Å². The molecule has 4 aromatic heterocycles. The lowest BCUT2D eigenvalue weighted by atomic mass is 10.0. The highest BCUT2D eigenvalue weighted by atomic mass is 35.5. The Hall–Kier alpha value is -3.70. The number of thioether (sulfide) groups is 2. The Morgan fingerprint density at radius 1 is 0.774 bits per heavy atom. The van der Waals surface area contributed by atoms with E-state index in [1.807, 2.05) is 51.9 Å². The van der Waals surface area contributed by atoms with E-state index >= 15 is 0 Å². The van der Waals surface area contributed by atoms with Crippen molar-refractivity contribution >= 4 is 118 Å². The zero-order valence-electron chi connectivity index (χ0n) is 28.3. The molecule has 0 saturated carbocycles. The van der Waals surface area contributed by atoms with Crippen LogP contribution in [0.1, 0.15) is 35.1 Å². The number of carboxylic acids is 1. The number of carboxylic acid groups (broad SMARTS) is 1. The number of pyridine rings is 2. The van der Waals surface area contributed by atoms with Gasteiger partial charge in [-0.05, 0) is 82.3 Å². The Morgan fingerprint density at radius 2 is 1.28 bits per heavy atom. The highest BCUT2D eigenvalue weighted by molar-refractivity contribution is 8.02. The Bertz CT molecular complexity index is 1920. The van der Waals surface area contributed by atoms with Gasteiger partial charge in [-0.25, -0.2) is 14.8 Å². The Balaban J connectivity index is 0.000000192. The minimum Gasteiger partial charge on any atom is -0.478 e. The molecule has 53 heavy (non-hydrogen) atoms. The van der Waals surface area contributed by atoms with Crippen molar-refractivity contribution in [1.82, 2.24) is 20.2 Å². The van der Waals surface area contributed by atoms with Crippen LogP contribution in [0, 0.1) is 0 Å². The minimum atomic E-state index is -0.994. The number of aliphatic carboxylic acids is 1. The number of hydrogen-bond donors (Lipinski definition) is 4. The van der Waals surface area contributed by atoms with Gasteiger partial charge in [0.05, 0.1) is 8.42 Å². The molecule has 0 aliphatic carbocycles. The number of aromatic nitrogens is 2. The molecule has 2 saturated heterocycles. The van der Waals surface area contributed by atoms with Gasteiger partial charge < -0.3 is 26.0 Å². The number of carbonyl (C=O) groups is 4. The van der Waals surface area contributed by atoms with E-state index in [4.69, 9.17) is 5.11 Å². The lowest BCUT2D eigenvalue weighted by Crippen LogP contribution is -2.51. The molecule has 17 heteroatoms. The molecule has 4 aliphatic rings. The van der Waals surface area contributed by atoms with Crippen LogP contribution in [0.5, 0.6) is 0 Å². The van der Waals surface area contributed by atoms with Gasteiger partial charge in [-0.15, -0.1) is 71.0 Å². The molecule has 8 heterocycles. The average molecular weight is 834 g/mol. The standard InChI is InChI=1S/C18H17N3O2S2.C11H10N2O3.C7H9NS2.2ClH/c22-15-5-4-13-8-12(9-19-18(13)20-15)3-6-16(23)21-10-14(11-21)25-17-2-1-7-24-17;14-9-3-2-8-5-7(1-4-10(15)16)6-12-11(8)13-9;1-2-7(9-3-1)10-6-4-8-5-6;;/h1-3,6-9,14H,4-5,10-11H2,(H,19,20,22);1,4-6H,2-3H2,(H,15,16)(H,12,13,14);1-3,6,8H,4-5H2;2*1H/b6-3+;4-1+;;;. The predicted molar refractivity (Wildman–Crippen MR) is 220 cm³/mol. The lowest BCUT2D eigenvalue weighted by molar-refractivity contribution is -0.131. The number of amides is 3. The second-order valence-corrected chi connectivity index (χ2v) is 17.0. The number of hydrogen-bond acceptors (Lipinski definition) is 11. The number of thiophene rings is 2. The number of nitrogens with one attached hydrogen (secondary N) is 3. The maximum Gasteiger partial charge on any atom is 0.328 e. The molecule has 0 radical (unpaired) electrons. The van der Waals surface area contributed by atoms with Crippen LogP contribution in [0.15, 0.2) is 80.1 Å². The molecule has 0 spiro atoms. The highest BCUT2D eigenvalue weighted by Gasteiger charge is 2.30. The Kier molecular flexibility index (Phi) is 16.4. The van der Waals surface area contributed by atoms with Crippen molar-refractivity contribution in [2.75, 3.05) is 36.8 Å². The van der Waals surface area contributed by atoms with Crippen molar-refractivity contribution in [1.29, 1.82) is 0 Å². The summed E-state index contributed by atoms with van der Waals surface area (Å²) >= 11 is 7.41. The zero-order valence-corrected chi connectivity index (χ0v) is 33.2. The summed E-state index contributed by atoms with van der Waals surface area (Å²) in [5.41, 5.74) is 3.56. The smallest absolute Gasteiger partial charge is 0.328 e. The molecule has 11 nitrogen and oxygen atoms in total. The molecule has 3 amide bonds. The topological polar surface area (TPSA) is 154 Å². The number of anilines is 2. The first-order valence-corrected chi connectivity index (χ1v) is 19.9. The number of aryl methyl sites for hydroxylation is 2. The number of rotatable bonds is 8. The van der Waals surface area contributed by atoms with Crippen molar-refractivity contribution in [2.45, 2.75) is 44.6 Å². The summed E-state index contributed by atoms with van der Waals surface area (Å²) in [6.07, 6.45) is 11.4. The largest absolute Gasteiger partial charge is 0.478 e. The van der Waals surface area contributed by atoms with Gasteiger partial charge in [-0.2, -0.15) is 0 Å². The first kappa shape index (κ1) is 42.0. The fourth-order valence-corrected chi connectivity index (χ4v) is 9.57. The third kappa shape index (κ3) is 12.7. The van der Waals surface area contributed by atoms with E-state index in [0.29, 0.717) is 42.6 Å². The third-order valence-electron chi connectivity index (χ3n) is 8.03. The van der Waals surface area contributed by atoms with Gasteiger partial charge in [-0.3, -0.25) is 14.4 Å². The van der Waals surface area contributed by atoms with E-state index < -0.39 is 5.97 Å². The summed E-state index contributed by atoms with van der Waals surface area (Å²) in [4.78, 5) is 55.2. The van der Waals surface area contributed by atoms with Crippen molar-refractivity contribution in [3.05, 3.63) is 94.0 Å². The predicted octanol–water partition coefficient (Wildman–Crippen LogP) is 6.76. The molecule has 0 atom stereocenters. The van der Waals surface area contributed by atoms with Crippen molar-refractivity contribution < 1.29 is 24.3 Å². The van der Waals surface area contributed by atoms with Crippen LogP contribution in [0.25, 0.3) is 12.2 Å². The summed E-state index contributed by atoms with van der Waals surface area (Å²) in [6, 6.07) is 12.3. The third-order valence-corrected chi connectivity index (χ3v) is 12.5. The normalized spacial score (nSPS) is 16.1. The van der Waals surface area contributed by atoms with Gasteiger partial charge in [0.15, 0.2) is 0 Å². The molecule has 280 valence electrons. The van der Waals surface area contributed by atoms with Crippen LogP contribution in [0.3, 0.4) is 0 Å². The summed E-state index contributed by atoms with van der Waals surface area (Å²) in [5.74, 6) is 0.222. The van der Waals surface area contributed by atoms with Gasteiger partial charge >= 0.3 is 5.97 Å². The summed E-state index contributed by atoms with van der Waals surface area (Å²) < 4.78 is 2.76. The number of likely N-dealkylation sites (tertiary alicyclic amines) is 1. The molecule has 4 aromatic rings. The molecule has 2 fully saturated rings. The second-order valence-electron chi connectivity index (χ2n) is 11.9. The van der Waals surface area contributed by atoms with E-state index in [9.17, 15) is 19.2 Å². The fraction of sp³-hybridized carbons (Fsp3) is 0.278. The number of fused-ring (bicyclic) bond motifs is 2. The molecular weight excluding hydrogens is 796 g/mol. The van der Waals surface area contributed by atoms with Gasteiger partial charge in [0.25, 0.3) is 0 Å². The fourth-order valence-electron chi connectivity index (χ4n) is 5.20. The van der Waals surface area contributed by atoms with E-state index in [-0.39, 0.29) is 42.5 Å². The quantitative estimate of drug-likeness (QED) is 0.140. The van der Waals surface area contributed by atoms with Gasteiger partial charge in [0.2, 0.25) is 17.7 Å². The zero-order chi connectivity index (χ0) is 35.6. The van der Waals surface area contributed by atoms with Gasteiger partial charge in [0, 0.05) is 74.1 Å². The molecule has 4 N–H and O–H groups in total. The first-order chi connectivity index (χ1) is 24.8. The van der Waals surface area contributed by atoms with Crippen molar-refractivity contribution in [3.8, 4) is 0 Å². The van der Waals surface area contributed by atoms with Crippen LogP contribution in [-0.2, 0) is 32.0 Å². The minimum absolute atomic E-state index is 0. The molecule has 0 unspecified atom stereocenters. The van der Waals surface area contributed by atoms with Crippen LogP contribution in [0.2, 0.25) is 0 Å². The van der Waals surface area contributed by atoms with E-state index in [1.54, 1.807) is 29.7 Å². The summed E-state index contributed by atoms with van der Waals surface area (Å²) in [7, 11) is 0. The molecular formula is C36H38Cl2N6O5S4. The van der Waals surface area contributed by atoms with Crippen LogP contribution in [-0.4, -0.2) is 80.3 Å². The van der Waals surface area contributed by atoms with Crippen molar-refractivity contribution in [3.63, 3.8) is 0 Å².